The Morgan fingerprint density at radius 2 is 1.91 bits per heavy atom. The second-order valence-corrected chi connectivity index (χ2v) is 6.22. The number of nitrogens with one attached hydrogen (secondary N) is 1. The van der Waals surface area contributed by atoms with Gasteiger partial charge in [-0.25, -0.2) is 4.39 Å². The van der Waals surface area contributed by atoms with Gasteiger partial charge in [-0.1, -0.05) is 18.6 Å². The fourth-order valence-electron chi connectivity index (χ4n) is 3.14. The van der Waals surface area contributed by atoms with Crippen LogP contribution in [0, 0.1) is 12.7 Å². The number of hydrogen-bond donors (Lipinski definition) is 1. The summed E-state index contributed by atoms with van der Waals surface area (Å²) in [5.41, 5.74) is 1.33. The molecule has 5 heteroatoms. The summed E-state index contributed by atoms with van der Waals surface area (Å²) in [5.74, 6) is -0.411. The molecule has 1 aliphatic rings. The number of aryl methyl sites for hydroxylation is 2. The highest BCUT2D eigenvalue weighted by Gasteiger charge is 2.45. The number of benzene rings is 1. The number of amides is 1. The van der Waals surface area contributed by atoms with Crippen molar-refractivity contribution in [2.75, 3.05) is 5.32 Å². The van der Waals surface area contributed by atoms with E-state index < -0.39 is 5.41 Å². The molecule has 1 aromatic carbocycles. The van der Waals surface area contributed by atoms with Gasteiger partial charge in [0.15, 0.2) is 0 Å². The van der Waals surface area contributed by atoms with Gasteiger partial charge >= 0.3 is 0 Å². The number of rotatable bonds is 3. The van der Waals surface area contributed by atoms with Gasteiger partial charge in [0.05, 0.1) is 11.1 Å². The summed E-state index contributed by atoms with van der Waals surface area (Å²) in [6.07, 6.45) is 4.08. The second kappa shape index (κ2) is 5.65. The molecule has 1 amide bonds. The van der Waals surface area contributed by atoms with E-state index in [4.69, 9.17) is 0 Å². The quantitative estimate of drug-likeness (QED) is 0.947. The van der Waals surface area contributed by atoms with Crippen molar-refractivity contribution in [2.45, 2.75) is 31.6 Å². The summed E-state index contributed by atoms with van der Waals surface area (Å²) >= 11 is 0. The second-order valence-electron chi connectivity index (χ2n) is 6.22. The number of nitrogens with zero attached hydrogens (tertiary/aromatic N) is 1. The Kier molecular flexibility index (Phi) is 3.80. The number of anilines is 1. The molecule has 0 atom stereocenters. The number of carbonyl (C=O) groups is 1. The van der Waals surface area contributed by atoms with E-state index in [1.807, 2.05) is 0 Å². The zero-order valence-electron chi connectivity index (χ0n) is 13.2. The number of pyridine rings is 1. The van der Waals surface area contributed by atoms with Crippen molar-refractivity contribution in [1.29, 1.82) is 0 Å². The van der Waals surface area contributed by atoms with Crippen LogP contribution >= 0.6 is 0 Å². The highest BCUT2D eigenvalue weighted by molar-refractivity contribution is 5.99. The van der Waals surface area contributed by atoms with Crippen molar-refractivity contribution in [2.24, 2.45) is 7.05 Å². The lowest BCUT2D eigenvalue weighted by molar-refractivity contribution is -0.124. The van der Waals surface area contributed by atoms with Crippen LogP contribution in [-0.2, 0) is 17.3 Å². The number of carbonyl (C=O) groups excluding carboxylic acids is 1. The molecule has 23 heavy (non-hydrogen) atoms. The first-order valence-electron chi connectivity index (χ1n) is 7.67. The summed E-state index contributed by atoms with van der Waals surface area (Å²) < 4.78 is 14.6. The molecule has 0 radical (unpaired) electrons. The van der Waals surface area contributed by atoms with E-state index in [1.54, 1.807) is 38.4 Å². The molecular formula is C18H19FN2O2. The highest BCUT2D eigenvalue weighted by atomic mass is 19.1. The molecule has 0 saturated heterocycles. The lowest BCUT2D eigenvalue weighted by Crippen LogP contribution is -2.46. The number of aromatic nitrogens is 1. The van der Waals surface area contributed by atoms with E-state index in [2.05, 4.69) is 5.32 Å². The molecule has 1 saturated carbocycles. The molecule has 4 nitrogen and oxygen atoms in total. The van der Waals surface area contributed by atoms with E-state index >= 15 is 0 Å². The van der Waals surface area contributed by atoms with Crippen LogP contribution in [0.5, 0.6) is 0 Å². The predicted molar refractivity (Wildman–Crippen MR) is 87.0 cm³/mol. The van der Waals surface area contributed by atoms with Crippen LogP contribution in [0.15, 0.2) is 41.3 Å². The van der Waals surface area contributed by atoms with Gasteiger partial charge in [-0.15, -0.1) is 0 Å². The van der Waals surface area contributed by atoms with Crippen molar-refractivity contribution in [3.8, 4) is 0 Å². The first-order chi connectivity index (χ1) is 10.9. The molecule has 1 heterocycles. The van der Waals surface area contributed by atoms with Gasteiger partial charge in [0, 0.05) is 18.8 Å². The van der Waals surface area contributed by atoms with Crippen molar-refractivity contribution in [3.05, 3.63) is 63.8 Å². The lowest BCUT2D eigenvalue weighted by Gasteiger charge is -2.40. The van der Waals surface area contributed by atoms with Crippen LogP contribution in [0.1, 0.15) is 30.4 Å². The zero-order chi connectivity index (χ0) is 16.6. The van der Waals surface area contributed by atoms with E-state index in [9.17, 15) is 14.0 Å². The minimum Gasteiger partial charge on any atom is -0.324 e. The fourth-order valence-corrected chi connectivity index (χ4v) is 3.14. The topological polar surface area (TPSA) is 51.1 Å². The van der Waals surface area contributed by atoms with Gasteiger partial charge < -0.3 is 9.88 Å². The number of hydrogen-bond acceptors (Lipinski definition) is 2. The maximum Gasteiger partial charge on any atom is 0.253 e. The minimum atomic E-state index is -0.601. The van der Waals surface area contributed by atoms with Crippen molar-refractivity contribution in [1.82, 2.24) is 4.57 Å². The lowest BCUT2D eigenvalue weighted by atomic mass is 9.64. The zero-order valence-corrected chi connectivity index (χ0v) is 13.2. The largest absolute Gasteiger partial charge is 0.324 e. The summed E-state index contributed by atoms with van der Waals surface area (Å²) in [7, 11) is 1.66. The molecule has 0 unspecified atom stereocenters. The van der Waals surface area contributed by atoms with Crippen LogP contribution in [0.25, 0.3) is 0 Å². The Morgan fingerprint density at radius 3 is 2.43 bits per heavy atom. The van der Waals surface area contributed by atoms with Crippen LogP contribution in [0.4, 0.5) is 10.1 Å². The van der Waals surface area contributed by atoms with Crippen molar-refractivity contribution < 1.29 is 9.18 Å². The van der Waals surface area contributed by atoms with Crippen molar-refractivity contribution >= 4 is 11.6 Å². The maximum absolute atomic E-state index is 13.1. The summed E-state index contributed by atoms with van der Waals surface area (Å²) in [5, 5.41) is 2.91. The molecule has 0 aliphatic heterocycles. The van der Waals surface area contributed by atoms with E-state index in [1.165, 1.54) is 16.7 Å². The molecule has 1 aromatic heterocycles. The molecule has 120 valence electrons. The minimum absolute atomic E-state index is 0.0834. The molecule has 1 aliphatic carbocycles. The Balaban J connectivity index is 1.89. The average molecular weight is 314 g/mol. The van der Waals surface area contributed by atoms with Gasteiger partial charge in [0.2, 0.25) is 5.91 Å². The Hall–Kier alpha value is -2.43. The van der Waals surface area contributed by atoms with Crippen molar-refractivity contribution in [3.63, 3.8) is 0 Å². The monoisotopic (exact) mass is 314 g/mol. The molecule has 0 bridgehead atoms. The molecular weight excluding hydrogens is 295 g/mol. The van der Waals surface area contributed by atoms with Gasteiger partial charge in [0.1, 0.15) is 5.82 Å². The fraction of sp³-hybridized carbons (Fsp3) is 0.333. The van der Waals surface area contributed by atoms with Crippen LogP contribution in [0.3, 0.4) is 0 Å². The SMILES string of the molecule is Cc1cc(NC(=O)C2(c3ccc(F)cc3)CCC2)cn(C)c1=O. The smallest absolute Gasteiger partial charge is 0.253 e. The van der Waals surface area contributed by atoms with Crippen LogP contribution < -0.4 is 10.9 Å². The predicted octanol–water partition coefficient (Wildman–Crippen LogP) is 2.89. The van der Waals surface area contributed by atoms with E-state index in [0.29, 0.717) is 11.3 Å². The third-order valence-electron chi connectivity index (χ3n) is 4.66. The molecule has 0 spiro atoms. The summed E-state index contributed by atoms with van der Waals surface area (Å²) in [6, 6.07) is 7.81. The summed E-state index contributed by atoms with van der Waals surface area (Å²) in [4.78, 5) is 24.6. The molecule has 1 N–H and O–H groups in total. The average Bonchev–Trinajstić information content (AvgIpc) is 2.45. The normalized spacial score (nSPS) is 15.8. The van der Waals surface area contributed by atoms with Gasteiger partial charge in [-0.3, -0.25) is 9.59 Å². The number of halogens is 1. The van der Waals surface area contributed by atoms with E-state index in [0.717, 1.165) is 24.8 Å². The van der Waals surface area contributed by atoms with Gasteiger partial charge in [-0.2, -0.15) is 0 Å². The summed E-state index contributed by atoms with van der Waals surface area (Å²) in [6.45, 7) is 1.72. The van der Waals surface area contributed by atoms with Gasteiger partial charge in [-0.05, 0) is 43.5 Å². The standard InChI is InChI=1S/C18H19FN2O2/c1-12-10-15(11-21(2)16(12)22)20-17(23)18(8-3-9-18)13-4-6-14(19)7-5-13/h4-7,10-11H,3,8-9H2,1-2H3,(H,20,23). The molecule has 2 aromatic rings. The van der Waals surface area contributed by atoms with E-state index in [-0.39, 0.29) is 17.3 Å². The van der Waals surface area contributed by atoms with Crippen LogP contribution in [-0.4, -0.2) is 10.5 Å². The Bertz CT molecular complexity index is 779. The Morgan fingerprint density at radius 1 is 1.26 bits per heavy atom. The maximum atomic E-state index is 13.1. The third kappa shape index (κ3) is 2.67. The molecule has 3 rings (SSSR count). The Labute approximate surface area is 134 Å². The van der Waals surface area contributed by atoms with Crippen LogP contribution in [0.2, 0.25) is 0 Å². The molecule has 1 fully saturated rings. The highest BCUT2D eigenvalue weighted by Crippen LogP contribution is 2.44. The van der Waals surface area contributed by atoms with Gasteiger partial charge in [0.25, 0.3) is 5.56 Å². The first-order valence-corrected chi connectivity index (χ1v) is 7.67. The first kappa shape index (κ1) is 15.5. The third-order valence-corrected chi connectivity index (χ3v) is 4.66.